The van der Waals surface area contributed by atoms with Gasteiger partial charge >= 0.3 is 5.97 Å². The van der Waals surface area contributed by atoms with Gasteiger partial charge in [0.25, 0.3) is 0 Å². The molecule has 0 aliphatic heterocycles. The van der Waals surface area contributed by atoms with E-state index < -0.39 is 5.97 Å². The number of aliphatic carboxylic acids is 1. The fourth-order valence-electron chi connectivity index (χ4n) is 0. The molecule has 0 heterocycles. The summed E-state index contributed by atoms with van der Waals surface area (Å²) in [7, 11) is 0. The van der Waals surface area contributed by atoms with E-state index in [0.717, 1.165) is 6.08 Å². The van der Waals surface area contributed by atoms with E-state index in [1.165, 1.54) is 0 Å². The molecule has 0 fully saturated rings. The molecule has 0 atom stereocenters. The third-order valence-corrected chi connectivity index (χ3v) is 0.175. The number of rotatable bonds is 1. The molecule has 0 rings (SSSR count). The zero-order valence-electron chi connectivity index (χ0n) is 4.24. The van der Waals surface area contributed by atoms with Crippen LogP contribution < -0.4 is 0 Å². The number of carbonyl (C=O) groups is 1. The van der Waals surface area contributed by atoms with E-state index in [-0.39, 0.29) is 19.5 Å². The standard InChI is InChI=1S/C3H4O2.H2O2.Zn/c1-2-3(4)5;1-2;/h2H,1H2,(H,4,5);1-2H;. The van der Waals surface area contributed by atoms with Crippen LogP contribution in [0.4, 0.5) is 0 Å². The van der Waals surface area contributed by atoms with Gasteiger partial charge in [-0.15, -0.1) is 0 Å². The summed E-state index contributed by atoms with van der Waals surface area (Å²) in [6.45, 7) is 2.96. The maximum atomic E-state index is 9.25. The van der Waals surface area contributed by atoms with Gasteiger partial charge in [0.2, 0.25) is 0 Å². The largest absolute Gasteiger partial charge is 0.478 e. The molecule has 3 N–H and O–H groups in total. The van der Waals surface area contributed by atoms with Gasteiger partial charge in [0.05, 0.1) is 0 Å². The van der Waals surface area contributed by atoms with Crippen LogP contribution in [0.5, 0.6) is 0 Å². The molecule has 44 valence electrons. The Bertz CT molecular complexity index is 62.3. The predicted octanol–water partition coefficient (Wildman–Crippen LogP) is 0.272. The summed E-state index contributed by atoms with van der Waals surface area (Å²) in [6.07, 6.45) is 0.833. The van der Waals surface area contributed by atoms with Gasteiger partial charge in [0.15, 0.2) is 0 Å². The summed E-state index contributed by atoms with van der Waals surface area (Å²) >= 11 is 0. The molecule has 0 radical (unpaired) electrons. The normalized spacial score (nSPS) is 4.75. The molecule has 0 aliphatic carbocycles. The van der Waals surface area contributed by atoms with Crippen molar-refractivity contribution in [3.05, 3.63) is 12.7 Å². The van der Waals surface area contributed by atoms with Crippen molar-refractivity contribution in [3.8, 4) is 0 Å². The number of hydrogen-bond donors (Lipinski definition) is 3. The monoisotopic (exact) mass is 170 g/mol. The predicted molar refractivity (Wildman–Crippen MR) is 23.1 cm³/mol. The van der Waals surface area contributed by atoms with Crippen molar-refractivity contribution in [1.29, 1.82) is 0 Å². The minimum atomic E-state index is -0.981. The van der Waals surface area contributed by atoms with E-state index >= 15 is 0 Å². The van der Waals surface area contributed by atoms with Crippen LogP contribution in [0.15, 0.2) is 12.7 Å². The molecule has 0 saturated heterocycles. The van der Waals surface area contributed by atoms with E-state index in [2.05, 4.69) is 6.58 Å². The van der Waals surface area contributed by atoms with E-state index in [0.29, 0.717) is 0 Å². The average molecular weight is 171 g/mol. The van der Waals surface area contributed by atoms with Crippen LogP contribution in [0.25, 0.3) is 0 Å². The molecule has 0 aromatic carbocycles. The van der Waals surface area contributed by atoms with E-state index in [1.807, 2.05) is 0 Å². The van der Waals surface area contributed by atoms with Crippen LogP contribution in [-0.4, -0.2) is 21.6 Å². The van der Waals surface area contributed by atoms with Crippen LogP contribution in [0, 0.1) is 0 Å². The Balaban J connectivity index is -0.0000000750. The van der Waals surface area contributed by atoms with Crippen LogP contribution in [-0.2, 0) is 24.3 Å². The van der Waals surface area contributed by atoms with Gasteiger partial charge in [-0.3, -0.25) is 10.5 Å². The second-order valence-electron chi connectivity index (χ2n) is 0.542. The third-order valence-electron chi connectivity index (χ3n) is 0.175. The molecule has 5 heteroatoms. The van der Waals surface area contributed by atoms with Crippen LogP contribution in [0.3, 0.4) is 0 Å². The fourth-order valence-corrected chi connectivity index (χ4v) is 0. The zero-order valence-corrected chi connectivity index (χ0v) is 7.21. The third kappa shape index (κ3) is 42.3. The Morgan fingerprint density at radius 2 is 1.62 bits per heavy atom. The summed E-state index contributed by atoms with van der Waals surface area (Å²) < 4.78 is 0. The first-order chi connectivity index (χ1) is 3.27. The molecule has 0 spiro atoms. The minimum absolute atomic E-state index is 0. The molecule has 0 aromatic heterocycles. The summed E-state index contributed by atoms with van der Waals surface area (Å²) in [4.78, 5) is 9.25. The molecule has 0 aliphatic rings. The summed E-state index contributed by atoms with van der Waals surface area (Å²) in [5.74, 6) is -0.981. The van der Waals surface area contributed by atoms with Crippen molar-refractivity contribution in [2.75, 3.05) is 0 Å². The molecule has 0 bridgehead atoms. The summed E-state index contributed by atoms with van der Waals surface area (Å²) in [5, 5.41) is 19.6. The average Bonchev–Trinajstić information content (AvgIpc) is 1.73. The Kier molecular flexibility index (Phi) is 31.0. The SMILES string of the molecule is C=CC(=O)O.OO.[Zn]. The minimum Gasteiger partial charge on any atom is -0.478 e. The molecular weight excluding hydrogens is 165 g/mol. The second kappa shape index (κ2) is 15.9. The Morgan fingerprint density at radius 1 is 1.50 bits per heavy atom. The number of carboxylic acid groups (broad SMARTS) is 1. The van der Waals surface area contributed by atoms with Crippen molar-refractivity contribution in [2.45, 2.75) is 0 Å². The van der Waals surface area contributed by atoms with Crippen LogP contribution >= 0.6 is 0 Å². The summed E-state index contributed by atoms with van der Waals surface area (Å²) in [6, 6.07) is 0. The van der Waals surface area contributed by atoms with Gasteiger partial charge in [-0.2, -0.15) is 0 Å². The van der Waals surface area contributed by atoms with Crippen molar-refractivity contribution >= 4 is 5.97 Å². The van der Waals surface area contributed by atoms with Gasteiger partial charge < -0.3 is 5.11 Å². The van der Waals surface area contributed by atoms with Crippen LogP contribution in [0.1, 0.15) is 0 Å². The van der Waals surface area contributed by atoms with Gasteiger partial charge in [-0.05, 0) is 0 Å². The van der Waals surface area contributed by atoms with Gasteiger partial charge in [0, 0.05) is 25.6 Å². The molecular formula is C3H6O4Zn. The summed E-state index contributed by atoms with van der Waals surface area (Å²) in [5.41, 5.74) is 0. The van der Waals surface area contributed by atoms with E-state index in [9.17, 15) is 4.79 Å². The van der Waals surface area contributed by atoms with Crippen molar-refractivity contribution < 1.29 is 39.9 Å². The fraction of sp³-hybridized carbons (Fsp3) is 0. The maximum absolute atomic E-state index is 9.25. The van der Waals surface area contributed by atoms with Gasteiger partial charge in [-0.25, -0.2) is 4.79 Å². The second-order valence-corrected chi connectivity index (χ2v) is 0.542. The quantitative estimate of drug-likeness (QED) is 0.229. The first-order valence-corrected chi connectivity index (χ1v) is 1.32. The van der Waals surface area contributed by atoms with Crippen LogP contribution in [0.2, 0.25) is 0 Å². The molecule has 0 unspecified atom stereocenters. The van der Waals surface area contributed by atoms with Crippen molar-refractivity contribution in [1.82, 2.24) is 0 Å². The smallest absolute Gasteiger partial charge is 0.327 e. The topological polar surface area (TPSA) is 77.8 Å². The Morgan fingerprint density at radius 3 is 1.62 bits per heavy atom. The van der Waals surface area contributed by atoms with E-state index in [4.69, 9.17) is 15.6 Å². The van der Waals surface area contributed by atoms with Gasteiger partial charge in [0.1, 0.15) is 0 Å². The molecule has 4 nitrogen and oxygen atoms in total. The van der Waals surface area contributed by atoms with E-state index in [1.54, 1.807) is 0 Å². The van der Waals surface area contributed by atoms with Crippen molar-refractivity contribution in [2.24, 2.45) is 0 Å². The first-order valence-electron chi connectivity index (χ1n) is 1.32. The van der Waals surface area contributed by atoms with Gasteiger partial charge in [-0.1, -0.05) is 6.58 Å². The molecule has 0 aromatic rings. The Labute approximate surface area is 59.1 Å². The number of carboxylic acids is 1. The number of hydrogen-bond acceptors (Lipinski definition) is 3. The first kappa shape index (κ1) is 15.7. The molecule has 0 amide bonds. The maximum Gasteiger partial charge on any atom is 0.327 e. The van der Waals surface area contributed by atoms with Crippen molar-refractivity contribution in [3.63, 3.8) is 0 Å². The molecule has 0 saturated carbocycles. The zero-order chi connectivity index (χ0) is 6.28. The molecule has 8 heavy (non-hydrogen) atoms. The Hall–Kier alpha value is -0.247.